The molecule has 1 aromatic heterocycles. The van der Waals surface area contributed by atoms with Crippen molar-refractivity contribution in [2.24, 2.45) is 5.92 Å². The zero-order valence-electron chi connectivity index (χ0n) is 10.5. The second-order valence-electron chi connectivity index (χ2n) is 4.51. The molecule has 0 saturated carbocycles. The molecule has 0 radical (unpaired) electrons. The van der Waals surface area contributed by atoms with Crippen LogP contribution >= 0.6 is 0 Å². The molecule has 1 saturated heterocycles. The van der Waals surface area contributed by atoms with Gasteiger partial charge in [-0.1, -0.05) is 0 Å². The Morgan fingerprint density at radius 3 is 2.89 bits per heavy atom. The topological polar surface area (TPSA) is 88.5 Å². The number of pyridine rings is 1. The molecule has 1 fully saturated rings. The number of carbonyl (C=O) groups is 2. The third-order valence-electron chi connectivity index (χ3n) is 3.11. The van der Waals surface area contributed by atoms with Crippen molar-refractivity contribution in [2.45, 2.75) is 12.8 Å². The smallest absolute Gasteiger partial charge is 0.354 e. The van der Waals surface area contributed by atoms with Crippen LogP contribution in [0.25, 0.3) is 0 Å². The maximum atomic E-state index is 11.8. The Balaban J connectivity index is 1.80. The van der Waals surface area contributed by atoms with E-state index in [2.05, 4.69) is 10.3 Å². The molecule has 1 atom stereocenters. The first-order valence-corrected chi connectivity index (χ1v) is 6.22. The Morgan fingerprint density at radius 1 is 1.47 bits per heavy atom. The van der Waals surface area contributed by atoms with E-state index in [1.54, 1.807) is 0 Å². The van der Waals surface area contributed by atoms with E-state index in [4.69, 9.17) is 9.84 Å². The monoisotopic (exact) mass is 264 g/mol. The number of aromatic carboxylic acids is 1. The van der Waals surface area contributed by atoms with Crippen molar-refractivity contribution < 1.29 is 19.4 Å². The number of carboxylic acid groups (broad SMARTS) is 1. The average Bonchev–Trinajstić information content (AvgIpc) is 2.92. The lowest BCUT2D eigenvalue weighted by Gasteiger charge is -2.08. The Labute approximate surface area is 110 Å². The molecule has 1 aromatic rings. The second kappa shape index (κ2) is 6.29. The summed E-state index contributed by atoms with van der Waals surface area (Å²) < 4.78 is 5.26. The molecule has 0 aromatic carbocycles. The third kappa shape index (κ3) is 3.75. The Bertz CT molecular complexity index is 452. The summed E-state index contributed by atoms with van der Waals surface area (Å²) in [5.74, 6) is -0.815. The maximum absolute atomic E-state index is 11.8. The second-order valence-corrected chi connectivity index (χ2v) is 4.51. The van der Waals surface area contributed by atoms with Gasteiger partial charge in [-0.15, -0.1) is 0 Å². The molecule has 1 aliphatic rings. The molecule has 6 nitrogen and oxygen atoms in total. The van der Waals surface area contributed by atoms with Crippen molar-refractivity contribution >= 4 is 11.9 Å². The molecule has 0 bridgehead atoms. The number of rotatable bonds is 5. The highest BCUT2D eigenvalue weighted by Gasteiger charge is 2.15. The van der Waals surface area contributed by atoms with Crippen LogP contribution in [-0.4, -0.2) is 41.7 Å². The zero-order valence-corrected chi connectivity index (χ0v) is 10.5. The number of nitrogens with one attached hydrogen (secondary N) is 1. The minimum Gasteiger partial charge on any atom is -0.477 e. The highest BCUT2D eigenvalue weighted by Crippen LogP contribution is 2.15. The van der Waals surface area contributed by atoms with E-state index in [0.717, 1.165) is 26.1 Å². The van der Waals surface area contributed by atoms with E-state index >= 15 is 0 Å². The van der Waals surface area contributed by atoms with Gasteiger partial charge in [-0.05, 0) is 30.9 Å². The number of hydrogen-bond donors (Lipinski definition) is 2. The first-order chi connectivity index (χ1) is 9.16. The first kappa shape index (κ1) is 13.5. The average molecular weight is 264 g/mol. The van der Waals surface area contributed by atoms with Gasteiger partial charge < -0.3 is 15.2 Å². The molecule has 1 amide bonds. The fourth-order valence-corrected chi connectivity index (χ4v) is 1.96. The van der Waals surface area contributed by atoms with Crippen LogP contribution in [0.3, 0.4) is 0 Å². The number of carboxylic acids is 1. The molecule has 1 unspecified atom stereocenters. The van der Waals surface area contributed by atoms with Crippen molar-refractivity contribution in [2.75, 3.05) is 19.8 Å². The van der Waals surface area contributed by atoms with E-state index in [-0.39, 0.29) is 11.6 Å². The Morgan fingerprint density at radius 2 is 2.32 bits per heavy atom. The van der Waals surface area contributed by atoms with Crippen molar-refractivity contribution in [3.63, 3.8) is 0 Å². The Kier molecular flexibility index (Phi) is 4.46. The molecular formula is C13H16N2O4. The van der Waals surface area contributed by atoms with Crippen LogP contribution in [0, 0.1) is 5.92 Å². The lowest BCUT2D eigenvalue weighted by molar-refractivity contribution is 0.0689. The van der Waals surface area contributed by atoms with Gasteiger partial charge in [-0.2, -0.15) is 0 Å². The summed E-state index contributed by atoms with van der Waals surface area (Å²) in [6, 6.07) is 2.78. The van der Waals surface area contributed by atoms with Crippen molar-refractivity contribution in [3.8, 4) is 0 Å². The van der Waals surface area contributed by atoms with Crippen LogP contribution in [-0.2, 0) is 4.74 Å². The fraction of sp³-hybridized carbons (Fsp3) is 0.462. The number of nitrogens with zero attached hydrogens (tertiary/aromatic N) is 1. The molecule has 1 aliphatic heterocycles. The molecule has 0 spiro atoms. The van der Waals surface area contributed by atoms with E-state index in [1.165, 1.54) is 18.3 Å². The standard InChI is InChI=1S/C13H16N2O4/c16-12(14-5-3-9-4-6-19-8-9)10-1-2-11(13(17)18)15-7-10/h1-2,7,9H,3-6,8H2,(H,14,16)(H,17,18). The van der Waals surface area contributed by atoms with Gasteiger partial charge in [0.25, 0.3) is 5.91 Å². The zero-order chi connectivity index (χ0) is 13.7. The SMILES string of the molecule is O=C(NCCC1CCOC1)c1ccc(C(=O)O)nc1. The summed E-state index contributed by atoms with van der Waals surface area (Å²) in [7, 11) is 0. The summed E-state index contributed by atoms with van der Waals surface area (Å²) in [5, 5.41) is 11.5. The van der Waals surface area contributed by atoms with Crippen LogP contribution in [0.2, 0.25) is 0 Å². The van der Waals surface area contributed by atoms with E-state index < -0.39 is 5.97 Å². The molecular weight excluding hydrogens is 248 g/mol. The van der Waals surface area contributed by atoms with Crippen LogP contribution in [0.5, 0.6) is 0 Å². The van der Waals surface area contributed by atoms with Gasteiger partial charge in [-0.25, -0.2) is 9.78 Å². The number of ether oxygens (including phenoxy) is 1. The highest BCUT2D eigenvalue weighted by molar-refractivity contribution is 5.94. The van der Waals surface area contributed by atoms with E-state index in [1.807, 2.05) is 0 Å². The van der Waals surface area contributed by atoms with E-state index in [0.29, 0.717) is 18.0 Å². The summed E-state index contributed by atoms with van der Waals surface area (Å²) in [5.41, 5.74) is 0.298. The number of aromatic nitrogens is 1. The van der Waals surface area contributed by atoms with Crippen molar-refractivity contribution in [1.82, 2.24) is 10.3 Å². The minimum absolute atomic E-state index is 0.0698. The summed E-state index contributed by atoms with van der Waals surface area (Å²) in [6.45, 7) is 2.16. The summed E-state index contributed by atoms with van der Waals surface area (Å²) in [6.07, 6.45) is 3.22. The first-order valence-electron chi connectivity index (χ1n) is 6.22. The van der Waals surface area contributed by atoms with Crippen LogP contribution in [0.1, 0.15) is 33.7 Å². The fourth-order valence-electron chi connectivity index (χ4n) is 1.96. The van der Waals surface area contributed by atoms with Gasteiger partial charge in [0, 0.05) is 26.0 Å². The molecule has 19 heavy (non-hydrogen) atoms. The van der Waals surface area contributed by atoms with Gasteiger partial charge in [-0.3, -0.25) is 4.79 Å². The molecule has 2 N–H and O–H groups in total. The third-order valence-corrected chi connectivity index (χ3v) is 3.11. The minimum atomic E-state index is -1.10. The quantitative estimate of drug-likeness (QED) is 0.826. The molecule has 2 rings (SSSR count). The largest absolute Gasteiger partial charge is 0.477 e. The lowest BCUT2D eigenvalue weighted by atomic mass is 10.1. The molecule has 102 valence electrons. The van der Waals surface area contributed by atoms with Gasteiger partial charge in [0.05, 0.1) is 5.56 Å². The summed E-state index contributed by atoms with van der Waals surface area (Å²) in [4.78, 5) is 26.1. The molecule has 2 heterocycles. The number of hydrogen-bond acceptors (Lipinski definition) is 4. The van der Waals surface area contributed by atoms with Gasteiger partial charge in [0.2, 0.25) is 0 Å². The Hall–Kier alpha value is -1.95. The molecule has 0 aliphatic carbocycles. The van der Waals surface area contributed by atoms with Gasteiger partial charge in [0.1, 0.15) is 5.69 Å². The van der Waals surface area contributed by atoms with Crippen LogP contribution < -0.4 is 5.32 Å². The predicted molar refractivity (Wildman–Crippen MR) is 67.1 cm³/mol. The number of carbonyl (C=O) groups excluding carboxylic acids is 1. The van der Waals surface area contributed by atoms with Gasteiger partial charge >= 0.3 is 5.97 Å². The number of amides is 1. The highest BCUT2D eigenvalue weighted by atomic mass is 16.5. The maximum Gasteiger partial charge on any atom is 0.354 e. The van der Waals surface area contributed by atoms with Crippen LogP contribution in [0.15, 0.2) is 18.3 Å². The summed E-state index contributed by atoms with van der Waals surface area (Å²) >= 11 is 0. The lowest BCUT2D eigenvalue weighted by Crippen LogP contribution is -2.26. The molecule has 6 heteroatoms. The van der Waals surface area contributed by atoms with Gasteiger partial charge in [0.15, 0.2) is 0 Å². The predicted octanol–water partition coefficient (Wildman–Crippen LogP) is 0.936. The van der Waals surface area contributed by atoms with Crippen molar-refractivity contribution in [1.29, 1.82) is 0 Å². The normalized spacial score (nSPS) is 18.2. The van der Waals surface area contributed by atoms with Crippen molar-refractivity contribution in [3.05, 3.63) is 29.6 Å². The van der Waals surface area contributed by atoms with E-state index in [9.17, 15) is 9.59 Å². The van der Waals surface area contributed by atoms with Crippen LogP contribution in [0.4, 0.5) is 0 Å².